The van der Waals surface area contributed by atoms with Crippen LogP contribution in [0.2, 0.25) is 0 Å². The number of nitrogens with zero attached hydrogens (tertiary/aromatic N) is 1. The molecule has 4 saturated carbocycles. The molecule has 32 heavy (non-hydrogen) atoms. The number of nitrogens with two attached hydrogens (primary N) is 1. The molecule has 0 aliphatic heterocycles. The molecule has 8 atom stereocenters. The van der Waals surface area contributed by atoms with Crippen molar-refractivity contribution in [3.63, 3.8) is 0 Å². The summed E-state index contributed by atoms with van der Waals surface area (Å²) in [4.78, 5) is 23.4. The molecule has 6 nitrogen and oxygen atoms in total. The molecule has 4 fully saturated rings. The third-order valence-corrected chi connectivity index (χ3v) is 10.6. The van der Waals surface area contributed by atoms with Gasteiger partial charge in [0.1, 0.15) is 0 Å². The molecule has 2 amide bonds. The normalized spacial score (nSPS) is 43.0. The number of fused-ring (bicyclic) bond motifs is 5. The van der Waals surface area contributed by atoms with Crippen LogP contribution >= 0.6 is 0 Å². The van der Waals surface area contributed by atoms with E-state index in [1.54, 1.807) is 0 Å². The van der Waals surface area contributed by atoms with Crippen molar-refractivity contribution in [3.05, 3.63) is 0 Å². The first kappa shape index (κ1) is 23.6. The largest absolute Gasteiger partial charge is 0.469 e. The molecule has 3 N–H and O–H groups in total. The van der Waals surface area contributed by atoms with E-state index in [1.807, 2.05) is 0 Å². The summed E-state index contributed by atoms with van der Waals surface area (Å²) in [6, 6.07) is -0.585. The highest BCUT2D eigenvalue weighted by Crippen LogP contribution is 2.67. The van der Waals surface area contributed by atoms with Crippen LogP contribution in [0.15, 0.2) is 5.10 Å². The summed E-state index contributed by atoms with van der Waals surface area (Å²) in [6.07, 6.45) is 12.8. The van der Waals surface area contributed by atoms with Gasteiger partial charge in [0.15, 0.2) is 0 Å². The molecule has 0 heterocycles. The highest BCUT2D eigenvalue weighted by molar-refractivity contribution is 5.93. The second-order valence-electron chi connectivity index (χ2n) is 11.7. The Kier molecular flexibility index (Phi) is 6.61. The van der Waals surface area contributed by atoms with Crippen LogP contribution in [0.4, 0.5) is 4.79 Å². The summed E-state index contributed by atoms with van der Waals surface area (Å²) < 4.78 is 4.89. The lowest BCUT2D eigenvalue weighted by molar-refractivity contribution is -0.141. The van der Waals surface area contributed by atoms with Crippen molar-refractivity contribution in [1.29, 1.82) is 0 Å². The Balaban J connectivity index is 1.65. The molecule has 0 unspecified atom stereocenters. The van der Waals surface area contributed by atoms with Crippen LogP contribution in [-0.4, -0.2) is 24.8 Å². The minimum absolute atomic E-state index is 0.0446. The van der Waals surface area contributed by atoms with Gasteiger partial charge in [-0.05, 0) is 92.3 Å². The number of ether oxygens (including phenoxy) is 1. The van der Waals surface area contributed by atoms with Gasteiger partial charge in [-0.1, -0.05) is 33.6 Å². The molecule has 0 radical (unpaired) electrons. The zero-order valence-electron chi connectivity index (χ0n) is 20.5. The number of carbonyl (C=O) groups is 2. The highest BCUT2D eigenvalue weighted by atomic mass is 16.5. The molecule has 4 aliphatic carbocycles. The van der Waals surface area contributed by atoms with Crippen LogP contribution in [0.3, 0.4) is 0 Å². The number of urea groups is 1. The zero-order valence-corrected chi connectivity index (χ0v) is 20.5. The van der Waals surface area contributed by atoms with Crippen molar-refractivity contribution in [2.75, 3.05) is 7.11 Å². The fourth-order valence-electron chi connectivity index (χ4n) is 8.90. The second kappa shape index (κ2) is 8.98. The predicted molar refractivity (Wildman–Crippen MR) is 126 cm³/mol. The Morgan fingerprint density at radius 2 is 1.94 bits per heavy atom. The van der Waals surface area contributed by atoms with E-state index < -0.39 is 6.03 Å². The number of carbonyl (C=O) groups excluding carboxylic acids is 2. The number of amides is 2. The molecule has 0 spiro atoms. The summed E-state index contributed by atoms with van der Waals surface area (Å²) in [5.41, 5.74) is 9.54. The Morgan fingerprint density at radius 3 is 2.66 bits per heavy atom. The van der Waals surface area contributed by atoms with E-state index >= 15 is 0 Å². The Bertz CT molecular complexity index is 767. The van der Waals surface area contributed by atoms with Crippen LogP contribution in [0, 0.1) is 46.3 Å². The molecule has 0 bridgehead atoms. The van der Waals surface area contributed by atoms with Gasteiger partial charge in [-0.2, -0.15) is 5.10 Å². The number of esters is 1. The molecule has 0 aromatic heterocycles. The van der Waals surface area contributed by atoms with E-state index in [4.69, 9.17) is 15.6 Å². The van der Waals surface area contributed by atoms with E-state index in [0.717, 1.165) is 30.4 Å². The van der Waals surface area contributed by atoms with E-state index in [9.17, 15) is 9.59 Å². The van der Waals surface area contributed by atoms with Crippen LogP contribution in [0.25, 0.3) is 0 Å². The van der Waals surface area contributed by atoms with Crippen molar-refractivity contribution < 1.29 is 14.3 Å². The number of hydrazone groups is 1. The topological polar surface area (TPSA) is 93.8 Å². The molecule has 0 aromatic rings. The molecular formula is C26H43N3O3. The van der Waals surface area contributed by atoms with E-state index in [0.29, 0.717) is 35.5 Å². The molecule has 0 saturated heterocycles. The quantitative estimate of drug-likeness (QED) is 0.446. The fraction of sp³-hybridized carbons (Fsp3) is 0.885. The second-order valence-corrected chi connectivity index (χ2v) is 11.7. The van der Waals surface area contributed by atoms with Crippen LogP contribution < -0.4 is 11.2 Å². The highest BCUT2D eigenvalue weighted by Gasteiger charge is 2.62. The average Bonchev–Trinajstić information content (AvgIpc) is 3.13. The first-order valence-electron chi connectivity index (χ1n) is 12.9. The number of hydrogen-bond acceptors (Lipinski definition) is 4. The summed E-state index contributed by atoms with van der Waals surface area (Å²) in [7, 11) is 1.46. The van der Waals surface area contributed by atoms with Crippen molar-refractivity contribution in [2.24, 2.45) is 57.2 Å². The third-order valence-electron chi connectivity index (χ3n) is 10.6. The minimum atomic E-state index is -0.585. The van der Waals surface area contributed by atoms with Gasteiger partial charge in [-0.3, -0.25) is 4.79 Å². The van der Waals surface area contributed by atoms with E-state index in [1.165, 1.54) is 58.5 Å². The maximum absolute atomic E-state index is 11.8. The van der Waals surface area contributed by atoms with E-state index in [2.05, 4.69) is 26.2 Å². The summed E-state index contributed by atoms with van der Waals surface area (Å²) in [6.45, 7) is 7.24. The lowest BCUT2D eigenvalue weighted by Crippen LogP contribution is -2.57. The van der Waals surface area contributed by atoms with Gasteiger partial charge in [0, 0.05) is 17.5 Å². The number of rotatable bonds is 5. The Hall–Kier alpha value is -1.59. The lowest BCUT2D eigenvalue weighted by Gasteiger charge is -2.61. The third kappa shape index (κ3) is 3.86. The van der Waals surface area contributed by atoms with Gasteiger partial charge in [0.2, 0.25) is 0 Å². The van der Waals surface area contributed by atoms with Gasteiger partial charge in [0.05, 0.1) is 7.11 Å². The van der Waals surface area contributed by atoms with Gasteiger partial charge in [-0.25, -0.2) is 10.2 Å². The molecule has 0 aromatic carbocycles. The monoisotopic (exact) mass is 445 g/mol. The first-order chi connectivity index (χ1) is 15.2. The number of primary amides is 1. The van der Waals surface area contributed by atoms with Crippen LogP contribution in [0.1, 0.15) is 91.4 Å². The maximum atomic E-state index is 11.8. The number of methoxy groups -OCH3 is 1. The average molecular weight is 446 g/mol. The predicted octanol–water partition coefficient (Wildman–Crippen LogP) is 5.26. The molecular weight excluding hydrogens is 402 g/mol. The Labute approximate surface area is 193 Å². The number of nitrogens with one attached hydrogen (secondary N) is 1. The maximum Gasteiger partial charge on any atom is 0.332 e. The molecule has 6 heteroatoms. The zero-order chi connectivity index (χ0) is 23.1. The first-order valence-corrected chi connectivity index (χ1v) is 12.9. The standard InChI is InChI=1S/C26H43N3O3/c1-16(8-13-23(30)32-4)19-11-12-20-18-10-9-17-7-5-6-14-25(17,2)21(18)15-22(26(19,20)3)28-29-24(27)31/h16-21H,5-15H2,1-4H3,(H3,27,29,31)/b28-22+/t16-,17-,18+,19+,20+,21+,25-,26+/m0/s1. The lowest BCUT2D eigenvalue weighted by atomic mass is 9.44. The van der Waals surface area contributed by atoms with Gasteiger partial charge in [-0.15, -0.1) is 0 Å². The SMILES string of the molecule is COC(=O)CC[C@H](C)[C@H]1CC[C@@H]2[C@H]3CC[C@@H]4CCCC[C@]4(C)[C@@H]3C/C(=N\NC(N)=O)[C@@]21C. The summed E-state index contributed by atoms with van der Waals surface area (Å²) in [5.74, 6) is 3.56. The minimum Gasteiger partial charge on any atom is -0.469 e. The fourth-order valence-corrected chi connectivity index (χ4v) is 8.90. The molecule has 4 aliphatic rings. The van der Waals surface area contributed by atoms with E-state index in [-0.39, 0.29) is 11.4 Å². The van der Waals surface area contributed by atoms with Gasteiger partial charge >= 0.3 is 12.0 Å². The van der Waals surface area contributed by atoms with Crippen molar-refractivity contribution >= 4 is 17.7 Å². The van der Waals surface area contributed by atoms with Gasteiger partial charge < -0.3 is 10.5 Å². The van der Waals surface area contributed by atoms with Crippen LogP contribution in [0.5, 0.6) is 0 Å². The van der Waals surface area contributed by atoms with Crippen LogP contribution in [-0.2, 0) is 9.53 Å². The summed E-state index contributed by atoms with van der Waals surface area (Å²) >= 11 is 0. The van der Waals surface area contributed by atoms with Crippen molar-refractivity contribution in [1.82, 2.24) is 5.43 Å². The number of hydrogen-bond donors (Lipinski definition) is 2. The molecule has 180 valence electrons. The van der Waals surface area contributed by atoms with Crippen molar-refractivity contribution in [2.45, 2.75) is 91.4 Å². The summed E-state index contributed by atoms with van der Waals surface area (Å²) in [5, 5.41) is 4.70. The molecule has 4 rings (SSSR count). The smallest absolute Gasteiger partial charge is 0.332 e. The van der Waals surface area contributed by atoms with Crippen molar-refractivity contribution in [3.8, 4) is 0 Å². The Morgan fingerprint density at radius 1 is 1.16 bits per heavy atom. The van der Waals surface area contributed by atoms with Gasteiger partial charge in [0.25, 0.3) is 0 Å².